The van der Waals surface area contributed by atoms with Crippen LogP contribution in [0.25, 0.3) is 16.7 Å². The SMILES string of the molecule is CCN1CCN(C(=O)c2cnc3c(c(C)nn3-c3ccc(OC)cc3)c2Cl)CC1. The standard InChI is InChI=1S/C21H24ClN5O2/c1-4-25-9-11-26(12-10-25)21(28)17-13-23-20-18(19(17)22)14(2)24-27(20)15-5-7-16(29-3)8-6-15/h5-8,13H,4,9-12H2,1-3H3. The lowest BCUT2D eigenvalue weighted by Crippen LogP contribution is -2.48. The maximum Gasteiger partial charge on any atom is 0.257 e. The number of methoxy groups -OCH3 is 1. The highest BCUT2D eigenvalue weighted by Gasteiger charge is 2.26. The third-order valence-electron chi connectivity index (χ3n) is 5.46. The van der Waals surface area contributed by atoms with Gasteiger partial charge in [-0.25, -0.2) is 9.67 Å². The number of ether oxygens (including phenoxy) is 1. The average Bonchev–Trinajstić information content (AvgIpc) is 3.11. The number of rotatable bonds is 4. The van der Waals surface area contributed by atoms with Crippen molar-refractivity contribution in [2.45, 2.75) is 13.8 Å². The largest absolute Gasteiger partial charge is 0.497 e. The zero-order chi connectivity index (χ0) is 20.5. The second-order valence-electron chi connectivity index (χ2n) is 7.11. The number of aryl methyl sites for hydroxylation is 1. The highest BCUT2D eigenvalue weighted by molar-refractivity contribution is 6.38. The van der Waals surface area contributed by atoms with Crippen molar-refractivity contribution in [1.82, 2.24) is 24.6 Å². The molecule has 1 fully saturated rings. The van der Waals surface area contributed by atoms with Gasteiger partial charge in [-0.1, -0.05) is 18.5 Å². The molecule has 0 aliphatic carbocycles. The fourth-order valence-electron chi connectivity index (χ4n) is 3.70. The molecule has 0 N–H and O–H groups in total. The highest BCUT2D eigenvalue weighted by Crippen LogP contribution is 2.31. The Labute approximate surface area is 174 Å². The number of halogens is 1. The van der Waals surface area contributed by atoms with Gasteiger partial charge in [-0.2, -0.15) is 5.10 Å². The van der Waals surface area contributed by atoms with Crippen LogP contribution in [0.1, 0.15) is 23.0 Å². The van der Waals surface area contributed by atoms with E-state index in [9.17, 15) is 4.79 Å². The molecular weight excluding hydrogens is 390 g/mol. The van der Waals surface area contributed by atoms with Crippen LogP contribution in [0.2, 0.25) is 5.02 Å². The number of hydrogen-bond acceptors (Lipinski definition) is 5. The Morgan fingerprint density at radius 3 is 2.48 bits per heavy atom. The van der Waals surface area contributed by atoms with Crippen molar-refractivity contribution in [3.8, 4) is 11.4 Å². The molecule has 1 amide bonds. The molecule has 1 aliphatic rings. The second kappa shape index (κ2) is 8.00. The first-order chi connectivity index (χ1) is 14.0. The van der Waals surface area contributed by atoms with Crippen LogP contribution < -0.4 is 4.74 Å². The van der Waals surface area contributed by atoms with Crippen LogP contribution in [0.3, 0.4) is 0 Å². The van der Waals surface area contributed by atoms with E-state index < -0.39 is 0 Å². The molecule has 0 atom stereocenters. The van der Waals surface area contributed by atoms with Crippen LogP contribution in [0.4, 0.5) is 0 Å². The summed E-state index contributed by atoms with van der Waals surface area (Å²) in [6, 6.07) is 7.56. The minimum absolute atomic E-state index is 0.0725. The van der Waals surface area contributed by atoms with E-state index in [2.05, 4.69) is 21.9 Å². The van der Waals surface area contributed by atoms with Gasteiger partial charge in [-0.15, -0.1) is 0 Å². The topological polar surface area (TPSA) is 63.5 Å². The number of carbonyl (C=O) groups excluding carboxylic acids is 1. The molecule has 29 heavy (non-hydrogen) atoms. The lowest BCUT2D eigenvalue weighted by atomic mass is 10.1. The Bertz CT molecular complexity index is 1040. The molecule has 1 saturated heterocycles. The maximum atomic E-state index is 13.1. The number of carbonyl (C=O) groups is 1. The van der Waals surface area contributed by atoms with Crippen molar-refractivity contribution in [1.29, 1.82) is 0 Å². The van der Waals surface area contributed by atoms with Gasteiger partial charge in [0, 0.05) is 32.4 Å². The molecule has 3 heterocycles. The van der Waals surface area contributed by atoms with E-state index in [1.54, 1.807) is 18.0 Å². The monoisotopic (exact) mass is 413 g/mol. The molecule has 2 aromatic heterocycles. The van der Waals surface area contributed by atoms with Gasteiger partial charge >= 0.3 is 0 Å². The molecular formula is C21H24ClN5O2. The molecule has 0 bridgehead atoms. The Morgan fingerprint density at radius 1 is 1.17 bits per heavy atom. The van der Waals surface area contributed by atoms with E-state index >= 15 is 0 Å². The van der Waals surface area contributed by atoms with E-state index in [4.69, 9.17) is 16.3 Å². The molecule has 152 valence electrons. The number of aromatic nitrogens is 3. The van der Waals surface area contributed by atoms with E-state index in [0.29, 0.717) is 34.7 Å². The summed E-state index contributed by atoms with van der Waals surface area (Å²) in [5.74, 6) is 0.695. The normalized spacial score (nSPS) is 15.1. The molecule has 3 aromatic rings. The van der Waals surface area contributed by atoms with Crippen LogP contribution in [0.5, 0.6) is 5.75 Å². The van der Waals surface area contributed by atoms with E-state index in [-0.39, 0.29) is 5.91 Å². The van der Waals surface area contributed by atoms with Crippen molar-refractivity contribution < 1.29 is 9.53 Å². The predicted octanol–water partition coefficient (Wildman–Crippen LogP) is 3.17. The first-order valence-electron chi connectivity index (χ1n) is 9.73. The van der Waals surface area contributed by atoms with Gasteiger partial charge in [0.25, 0.3) is 5.91 Å². The summed E-state index contributed by atoms with van der Waals surface area (Å²) in [7, 11) is 1.63. The Balaban J connectivity index is 1.69. The number of nitrogens with zero attached hydrogens (tertiary/aromatic N) is 5. The Hall–Kier alpha value is -2.64. The van der Waals surface area contributed by atoms with E-state index in [1.165, 1.54) is 0 Å². The summed E-state index contributed by atoms with van der Waals surface area (Å²) in [6.45, 7) is 8.17. The Morgan fingerprint density at radius 2 is 1.86 bits per heavy atom. The molecule has 7 nitrogen and oxygen atoms in total. The van der Waals surface area contributed by atoms with Crippen molar-refractivity contribution in [3.63, 3.8) is 0 Å². The zero-order valence-electron chi connectivity index (χ0n) is 16.9. The molecule has 0 unspecified atom stereocenters. The molecule has 0 radical (unpaired) electrons. The lowest BCUT2D eigenvalue weighted by Gasteiger charge is -2.34. The van der Waals surface area contributed by atoms with Crippen molar-refractivity contribution in [2.75, 3.05) is 39.8 Å². The number of pyridine rings is 1. The summed E-state index contributed by atoms with van der Waals surface area (Å²) < 4.78 is 6.96. The van der Waals surface area contributed by atoms with Crippen molar-refractivity contribution in [2.24, 2.45) is 0 Å². The summed E-state index contributed by atoms with van der Waals surface area (Å²) in [5.41, 5.74) is 2.65. The van der Waals surface area contributed by atoms with Crippen LogP contribution in [-0.2, 0) is 0 Å². The van der Waals surface area contributed by atoms with Crippen molar-refractivity contribution in [3.05, 3.63) is 46.7 Å². The van der Waals surface area contributed by atoms with E-state index in [1.807, 2.05) is 36.1 Å². The van der Waals surface area contributed by atoms with Crippen molar-refractivity contribution >= 4 is 28.5 Å². The number of benzene rings is 1. The first kappa shape index (κ1) is 19.7. The minimum atomic E-state index is -0.0725. The van der Waals surface area contributed by atoms with Gasteiger partial charge in [0.2, 0.25) is 0 Å². The molecule has 0 saturated carbocycles. The number of hydrogen-bond donors (Lipinski definition) is 0. The first-order valence-corrected chi connectivity index (χ1v) is 10.1. The summed E-state index contributed by atoms with van der Waals surface area (Å²) in [6.07, 6.45) is 1.57. The van der Waals surface area contributed by atoms with Crippen LogP contribution in [0, 0.1) is 6.92 Å². The van der Waals surface area contributed by atoms with Gasteiger partial charge in [0.1, 0.15) is 5.75 Å². The molecule has 8 heteroatoms. The predicted molar refractivity (Wildman–Crippen MR) is 113 cm³/mol. The molecule has 4 rings (SSSR count). The van der Waals surface area contributed by atoms with Crippen LogP contribution in [0.15, 0.2) is 30.5 Å². The number of amides is 1. The van der Waals surface area contributed by atoms with Gasteiger partial charge in [-0.3, -0.25) is 4.79 Å². The zero-order valence-corrected chi connectivity index (χ0v) is 17.6. The van der Waals surface area contributed by atoms with E-state index in [0.717, 1.165) is 36.8 Å². The molecule has 0 spiro atoms. The molecule has 1 aliphatic heterocycles. The quantitative estimate of drug-likeness (QED) is 0.657. The number of piperazine rings is 1. The fraction of sp³-hybridized carbons (Fsp3) is 0.381. The van der Waals surface area contributed by atoms with Crippen LogP contribution >= 0.6 is 11.6 Å². The third-order valence-corrected chi connectivity index (χ3v) is 5.85. The summed E-state index contributed by atoms with van der Waals surface area (Å²) in [4.78, 5) is 21.8. The number of fused-ring (bicyclic) bond motifs is 1. The maximum absolute atomic E-state index is 13.1. The van der Waals surface area contributed by atoms with Gasteiger partial charge in [0.15, 0.2) is 5.65 Å². The summed E-state index contributed by atoms with van der Waals surface area (Å²) >= 11 is 6.69. The third kappa shape index (κ3) is 3.56. The Kier molecular flexibility index (Phi) is 5.43. The van der Waals surface area contributed by atoms with Gasteiger partial charge in [-0.05, 0) is 37.7 Å². The second-order valence-corrected chi connectivity index (χ2v) is 7.48. The van der Waals surface area contributed by atoms with Crippen LogP contribution in [-0.4, -0.2) is 70.3 Å². The average molecular weight is 414 g/mol. The van der Waals surface area contributed by atoms with Gasteiger partial charge < -0.3 is 14.5 Å². The number of likely N-dealkylation sites (N-methyl/N-ethyl adjacent to an activating group) is 1. The molecule has 1 aromatic carbocycles. The minimum Gasteiger partial charge on any atom is -0.497 e. The fourth-order valence-corrected chi connectivity index (χ4v) is 4.05. The smallest absolute Gasteiger partial charge is 0.257 e. The summed E-state index contributed by atoms with van der Waals surface area (Å²) in [5, 5.41) is 5.73. The highest BCUT2D eigenvalue weighted by atomic mass is 35.5. The van der Waals surface area contributed by atoms with Gasteiger partial charge in [0.05, 0.1) is 34.5 Å². The lowest BCUT2D eigenvalue weighted by molar-refractivity contribution is 0.0643.